The molecule has 60 valence electrons. The fourth-order valence-corrected chi connectivity index (χ4v) is 0.769. The van der Waals surface area contributed by atoms with E-state index in [4.69, 9.17) is 5.11 Å². The molecule has 0 fully saturated rings. The van der Waals surface area contributed by atoms with Gasteiger partial charge in [-0.3, -0.25) is 8.63 Å². The quantitative estimate of drug-likeness (QED) is 0.539. The van der Waals surface area contributed by atoms with Crippen molar-refractivity contribution in [3.63, 3.8) is 0 Å². The molecule has 0 saturated carbocycles. The number of rotatable bonds is 2. The topological polar surface area (TPSA) is 20.2 Å². The van der Waals surface area contributed by atoms with Crippen LogP contribution in [0, 0.1) is 0 Å². The van der Waals surface area contributed by atoms with Crippen molar-refractivity contribution in [2.24, 2.45) is 0 Å². The Hall–Kier alpha value is 0.741. The number of benzene rings is 1. The molecule has 1 rings (SSSR count). The molecule has 0 amide bonds. The number of hydrogen-bond acceptors (Lipinski definition) is 1. The number of halogens is 2. The summed E-state index contributed by atoms with van der Waals surface area (Å²) < 4.78 is 23.9. The van der Waals surface area contributed by atoms with Crippen LogP contribution in [-0.2, 0) is 6.61 Å². The van der Waals surface area contributed by atoms with E-state index >= 15 is 0 Å². The van der Waals surface area contributed by atoms with Gasteiger partial charge < -0.3 is 6.53 Å². The SMILES string of the molecule is OCc1ccc(B(F)F)cc1.[H-].[K+]. The van der Waals surface area contributed by atoms with Gasteiger partial charge in [0.05, 0.1) is 6.61 Å². The number of hydrogen-bond donors (Lipinski definition) is 1. The second-order valence-corrected chi connectivity index (χ2v) is 2.20. The van der Waals surface area contributed by atoms with Crippen molar-refractivity contribution >= 4 is 12.7 Å². The van der Waals surface area contributed by atoms with Gasteiger partial charge >= 0.3 is 58.7 Å². The van der Waals surface area contributed by atoms with Crippen LogP contribution < -0.4 is 56.8 Å². The Labute approximate surface area is 114 Å². The molecule has 0 aliphatic carbocycles. The average molecular weight is 196 g/mol. The van der Waals surface area contributed by atoms with Crippen LogP contribution in [-0.4, -0.2) is 12.4 Å². The van der Waals surface area contributed by atoms with Crippen molar-refractivity contribution in [1.29, 1.82) is 0 Å². The summed E-state index contributed by atoms with van der Waals surface area (Å²) in [5.74, 6) is 0. The predicted octanol–water partition coefficient (Wildman–Crippen LogP) is -2.07. The smallest absolute Gasteiger partial charge is 1.00 e. The van der Waals surface area contributed by atoms with Crippen LogP contribution in [0.25, 0.3) is 0 Å². The molecule has 0 saturated heterocycles. The zero-order valence-electron chi connectivity index (χ0n) is 7.80. The molecule has 0 aromatic heterocycles. The maximum absolute atomic E-state index is 11.9. The molecule has 0 unspecified atom stereocenters. The molecule has 0 spiro atoms. The van der Waals surface area contributed by atoms with E-state index in [1.54, 1.807) is 0 Å². The van der Waals surface area contributed by atoms with Gasteiger partial charge in [-0.25, -0.2) is 0 Å². The molecule has 0 atom stereocenters. The third-order valence-corrected chi connectivity index (χ3v) is 1.41. The summed E-state index contributed by atoms with van der Waals surface area (Å²) in [7, 11) is -2.43. The normalized spacial score (nSPS) is 8.92. The summed E-state index contributed by atoms with van der Waals surface area (Å²) in [6, 6.07) is 5.61. The van der Waals surface area contributed by atoms with Crippen molar-refractivity contribution < 1.29 is 66.5 Å². The van der Waals surface area contributed by atoms with Crippen LogP contribution >= 0.6 is 0 Å². The van der Waals surface area contributed by atoms with Crippen molar-refractivity contribution in [3.8, 4) is 0 Å². The summed E-state index contributed by atoms with van der Waals surface area (Å²) in [6.07, 6.45) is 0. The second kappa shape index (κ2) is 6.23. The van der Waals surface area contributed by atoms with Crippen LogP contribution in [0.15, 0.2) is 24.3 Å². The summed E-state index contributed by atoms with van der Waals surface area (Å²) in [4.78, 5) is 0. The van der Waals surface area contributed by atoms with Crippen LogP contribution in [0.1, 0.15) is 6.99 Å². The first-order valence-electron chi connectivity index (χ1n) is 3.22. The second-order valence-electron chi connectivity index (χ2n) is 2.20. The zero-order valence-corrected chi connectivity index (χ0v) is 9.92. The third kappa shape index (κ3) is 3.64. The van der Waals surface area contributed by atoms with E-state index in [1.807, 2.05) is 0 Å². The van der Waals surface area contributed by atoms with Gasteiger partial charge in [-0.1, -0.05) is 24.3 Å². The van der Waals surface area contributed by atoms with Gasteiger partial charge in [0.15, 0.2) is 0 Å². The standard InChI is InChI=1S/C7H7BF2O.K.H/c9-8(10)7-3-1-6(5-11)2-4-7;;/h1-4,11H,5H2;;/q;+1;-1. The van der Waals surface area contributed by atoms with Crippen molar-refractivity contribution in [1.82, 2.24) is 0 Å². The molecule has 1 N–H and O–H groups in total. The largest absolute Gasteiger partial charge is 1.00 e. The van der Waals surface area contributed by atoms with E-state index < -0.39 is 7.27 Å². The Morgan fingerprint density at radius 2 is 1.75 bits per heavy atom. The molecule has 0 radical (unpaired) electrons. The first kappa shape index (κ1) is 12.7. The first-order valence-corrected chi connectivity index (χ1v) is 3.22. The van der Waals surface area contributed by atoms with Gasteiger partial charge in [-0.2, -0.15) is 0 Å². The Bertz CT molecular complexity index is 232. The maximum atomic E-state index is 11.9. The molecular weight excluding hydrogens is 188 g/mol. The summed E-state index contributed by atoms with van der Waals surface area (Å²) in [5.41, 5.74) is 0.636. The van der Waals surface area contributed by atoms with Crippen LogP contribution in [0.5, 0.6) is 0 Å². The number of aliphatic hydroxyl groups is 1. The Balaban J connectivity index is 0. The minimum atomic E-state index is -2.43. The van der Waals surface area contributed by atoms with Gasteiger partial charge in [0.1, 0.15) is 0 Å². The van der Waals surface area contributed by atoms with Gasteiger partial charge in [0, 0.05) is 0 Å². The van der Waals surface area contributed by atoms with Crippen LogP contribution in [0.3, 0.4) is 0 Å². The molecule has 0 aliphatic heterocycles. The van der Waals surface area contributed by atoms with Gasteiger partial charge in [-0.15, -0.1) is 0 Å². The Kier molecular flexibility index (Phi) is 6.62. The minimum Gasteiger partial charge on any atom is -1.00 e. The van der Waals surface area contributed by atoms with Crippen LogP contribution in [0.4, 0.5) is 8.63 Å². The van der Waals surface area contributed by atoms with Gasteiger partial charge in [0.25, 0.3) is 0 Å². The van der Waals surface area contributed by atoms with Gasteiger partial charge in [-0.05, 0) is 11.0 Å². The molecule has 0 bridgehead atoms. The van der Waals surface area contributed by atoms with E-state index in [2.05, 4.69) is 0 Å². The molecule has 0 aliphatic rings. The molecule has 5 heteroatoms. The first-order chi connectivity index (χ1) is 5.24. The molecule has 1 aromatic rings. The summed E-state index contributed by atoms with van der Waals surface area (Å²) in [5, 5.41) is 8.58. The average Bonchev–Trinajstić information content (AvgIpc) is 2.05. The van der Waals surface area contributed by atoms with Crippen molar-refractivity contribution in [2.45, 2.75) is 6.61 Å². The fourth-order valence-electron chi connectivity index (χ4n) is 0.769. The molecule has 1 aromatic carbocycles. The molecular formula is C7H8BF2KO. The van der Waals surface area contributed by atoms with E-state index in [0.717, 1.165) is 0 Å². The minimum absolute atomic E-state index is 0. The summed E-state index contributed by atoms with van der Waals surface area (Å²) in [6.45, 7) is -0.108. The van der Waals surface area contributed by atoms with Crippen LogP contribution in [0.2, 0.25) is 0 Å². The molecule has 0 heterocycles. The van der Waals surface area contributed by atoms with Gasteiger partial charge in [0.2, 0.25) is 0 Å². The molecule has 1 nitrogen and oxygen atoms in total. The molecule has 12 heavy (non-hydrogen) atoms. The van der Waals surface area contributed by atoms with E-state index in [-0.39, 0.29) is 64.9 Å². The van der Waals surface area contributed by atoms with E-state index in [1.165, 1.54) is 24.3 Å². The Morgan fingerprint density at radius 3 is 2.08 bits per heavy atom. The van der Waals surface area contributed by atoms with Crippen molar-refractivity contribution in [2.75, 3.05) is 0 Å². The zero-order chi connectivity index (χ0) is 8.27. The van der Waals surface area contributed by atoms with E-state index in [0.29, 0.717) is 5.56 Å². The summed E-state index contributed by atoms with van der Waals surface area (Å²) >= 11 is 0. The maximum Gasteiger partial charge on any atom is 1.00 e. The third-order valence-electron chi connectivity index (χ3n) is 1.41. The number of aliphatic hydroxyl groups excluding tert-OH is 1. The monoisotopic (exact) mass is 196 g/mol. The Morgan fingerprint density at radius 1 is 1.25 bits per heavy atom. The van der Waals surface area contributed by atoms with Crippen molar-refractivity contribution in [3.05, 3.63) is 29.8 Å². The van der Waals surface area contributed by atoms with E-state index in [9.17, 15) is 8.63 Å². The fraction of sp³-hybridized carbons (Fsp3) is 0.143. The predicted molar refractivity (Wildman–Crippen MR) is 41.1 cm³/mol.